The first-order valence-corrected chi connectivity index (χ1v) is 9.15. The minimum absolute atomic E-state index is 0.0519. The van der Waals surface area contributed by atoms with Crippen LogP contribution in [0.5, 0.6) is 0 Å². The summed E-state index contributed by atoms with van der Waals surface area (Å²) in [5.74, 6) is -0.142. The third-order valence-electron chi connectivity index (χ3n) is 4.57. The first kappa shape index (κ1) is 20.4. The summed E-state index contributed by atoms with van der Waals surface area (Å²) in [5, 5.41) is -0.0519. The fourth-order valence-corrected chi connectivity index (χ4v) is 3.31. The second-order valence-electron chi connectivity index (χ2n) is 6.53. The van der Waals surface area contributed by atoms with Crippen molar-refractivity contribution in [2.75, 3.05) is 18.0 Å². The summed E-state index contributed by atoms with van der Waals surface area (Å²) in [7, 11) is 0. The van der Waals surface area contributed by atoms with Crippen molar-refractivity contribution in [3.8, 4) is 0 Å². The molecule has 1 amide bonds. The van der Waals surface area contributed by atoms with Crippen LogP contribution in [0, 0.1) is 5.92 Å². The zero-order valence-electron chi connectivity index (χ0n) is 14.9. The standard InChI is InChI=1S/C19H19ClF3N3O2/c20-16-10-15(19(21,22)23)11-24-17(16)26-8-6-14(7-9-26)18(27)25-28-12-13-4-2-1-3-5-13/h1-5,10-11,14H,6-9,12H2,(H,25,27). The molecule has 2 heterocycles. The van der Waals surface area contributed by atoms with Gasteiger partial charge in [0.05, 0.1) is 17.2 Å². The van der Waals surface area contributed by atoms with Crippen LogP contribution in [-0.4, -0.2) is 24.0 Å². The van der Waals surface area contributed by atoms with Gasteiger partial charge in [0.25, 0.3) is 0 Å². The van der Waals surface area contributed by atoms with E-state index >= 15 is 0 Å². The summed E-state index contributed by atoms with van der Waals surface area (Å²) in [6.07, 6.45) is -2.66. The van der Waals surface area contributed by atoms with Crippen molar-refractivity contribution < 1.29 is 22.8 Å². The quantitative estimate of drug-likeness (QED) is 0.746. The smallest absolute Gasteiger partial charge is 0.355 e. The molecule has 0 unspecified atom stereocenters. The van der Waals surface area contributed by atoms with E-state index in [1.165, 1.54) is 0 Å². The van der Waals surface area contributed by atoms with Gasteiger partial charge in [-0.25, -0.2) is 10.5 Å². The number of rotatable bonds is 5. The Hall–Kier alpha value is -2.32. The number of nitrogens with one attached hydrogen (secondary N) is 1. The fourth-order valence-electron chi connectivity index (χ4n) is 3.02. The molecule has 1 fully saturated rings. The maximum atomic E-state index is 12.7. The number of amides is 1. The summed E-state index contributed by atoms with van der Waals surface area (Å²) in [5.41, 5.74) is 2.53. The predicted octanol–water partition coefficient (Wildman–Crippen LogP) is 4.22. The Balaban J connectivity index is 1.49. The summed E-state index contributed by atoms with van der Waals surface area (Å²) >= 11 is 5.99. The largest absolute Gasteiger partial charge is 0.417 e. The molecule has 0 saturated carbocycles. The van der Waals surface area contributed by atoms with Gasteiger partial charge in [-0.05, 0) is 24.5 Å². The molecule has 9 heteroatoms. The van der Waals surface area contributed by atoms with Gasteiger partial charge in [0.15, 0.2) is 0 Å². The number of carbonyl (C=O) groups is 1. The van der Waals surface area contributed by atoms with Crippen LogP contribution in [-0.2, 0) is 22.4 Å². The number of alkyl halides is 3. The molecule has 28 heavy (non-hydrogen) atoms. The number of carbonyl (C=O) groups excluding carboxylic acids is 1. The van der Waals surface area contributed by atoms with Crippen LogP contribution in [0.3, 0.4) is 0 Å². The van der Waals surface area contributed by atoms with Gasteiger partial charge < -0.3 is 4.90 Å². The van der Waals surface area contributed by atoms with Gasteiger partial charge >= 0.3 is 6.18 Å². The van der Waals surface area contributed by atoms with Crippen molar-refractivity contribution >= 4 is 23.3 Å². The molecule has 1 saturated heterocycles. The van der Waals surface area contributed by atoms with Crippen molar-refractivity contribution in [2.45, 2.75) is 25.6 Å². The topological polar surface area (TPSA) is 54.5 Å². The molecule has 0 aliphatic carbocycles. The van der Waals surface area contributed by atoms with Gasteiger partial charge in [0, 0.05) is 25.2 Å². The highest BCUT2D eigenvalue weighted by Crippen LogP contribution is 2.34. The number of hydrogen-bond donors (Lipinski definition) is 1. The lowest BCUT2D eigenvalue weighted by Crippen LogP contribution is -2.41. The molecule has 0 spiro atoms. The third-order valence-corrected chi connectivity index (χ3v) is 4.85. The highest BCUT2D eigenvalue weighted by atomic mass is 35.5. The third kappa shape index (κ3) is 5.14. The van der Waals surface area contributed by atoms with E-state index in [0.717, 1.165) is 17.8 Å². The molecule has 3 rings (SSSR count). The Labute approximate surface area is 165 Å². The minimum Gasteiger partial charge on any atom is -0.355 e. The number of piperidine rings is 1. The lowest BCUT2D eigenvalue weighted by Gasteiger charge is -2.32. The van der Waals surface area contributed by atoms with Crippen molar-refractivity contribution in [1.29, 1.82) is 0 Å². The van der Waals surface area contributed by atoms with Crippen LogP contribution >= 0.6 is 11.6 Å². The van der Waals surface area contributed by atoms with Crippen molar-refractivity contribution in [3.63, 3.8) is 0 Å². The van der Waals surface area contributed by atoms with Crippen LogP contribution in [0.2, 0.25) is 5.02 Å². The van der Waals surface area contributed by atoms with Crippen molar-refractivity contribution in [3.05, 3.63) is 58.7 Å². The second-order valence-corrected chi connectivity index (χ2v) is 6.94. The van der Waals surface area contributed by atoms with Crippen LogP contribution in [0.1, 0.15) is 24.0 Å². The number of halogens is 4. The van der Waals surface area contributed by atoms with E-state index in [4.69, 9.17) is 16.4 Å². The van der Waals surface area contributed by atoms with E-state index in [9.17, 15) is 18.0 Å². The summed E-state index contributed by atoms with van der Waals surface area (Å²) in [6, 6.07) is 10.3. The molecule has 5 nitrogen and oxygen atoms in total. The first-order chi connectivity index (χ1) is 13.3. The molecule has 1 N–H and O–H groups in total. The molecule has 0 radical (unpaired) electrons. The van der Waals surface area contributed by atoms with E-state index in [0.29, 0.717) is 31.7 Å². The van der Waals surface area contributed by atoms with E-state index in [1.54, 1.807) is 4.90 Å². The average Bonchev–Trinajstić information content (AvgIpc) is 2.68. The van der Waals surface area contributed by atoms with Crippen LogP contribution in [0.25, 0.3) is 0 Å². The molecule has 1 aromatic heterocycles. The maximum absolute atomic E-state index is 12.7. The van der Waals surface area contributed by atoms with Gasteiger partial charge in [-0.15, -0.1) is 0 Å². The van der Waals surface area contributed by atoms with Gasteiger partial charge in [-0.1, -0.05) is 41.9 Å². The van der Waals surface area contributed by atoms with Gasteiger partial charge in [-0.2, -0.15) is 13.2 Å². The van der Waals surface area contributed by atoms with Crippen molar-refractivity contribution in [1.82, 2.24) is 10.5 Å². The van der Waals surface area contributed by atoms with Crippen molar-refractivity contribution in [2.24, 2.45) is 5.92 Å². The molecule has 0 atom stereocenters. The molecule has 1 aliphatic heterocycles. The summed E-state index contributed by atoms with van der Waals surface area (Å²) < 4.78 is 38.2. The minimum atomic E-state index is -4.49. The zero-order valence-corrected chi connectivity index (χ0v) is 15.6. The number of pyridine rings is 1. The van der Waals surface area contributed by atoms with E-state index in [1.807, 2.05) is 30.3 Å². The van der Waals surface area contributed by atoms with Gasteiger partial charge in [0.1, 0.15) is 5.82 Å². The SMILES string of the molecule is O=C(NOCc1ccccc1)C1CCN(c2ncc(C(F)(F)F)cc2Cl)CC1. The Morgan fingerprint density at radius 1 is 1.25 bits per heavy atom. The van der Waals surface area contributed by atoms with Gasteiger partial charge in [0.2, 0.25) is 5.91 Å². The highest BCUT2D eigenvalue weighted by molar-refractivity contribution is 6.33. The molecule has 1 aliphatic rings. The van der Waals surface area contributed by atoms with E-state index in [2.05, 4.69) is 10.5 Å². The fraction of sp³-hybridized carbons (Fsp3) is 0.368. The lowest BCUT2D eigenvalue weighted by atomic mass is 9.96. The van der Waals surface area contributed by atoms with Crippen LogP contribution in [0.15, 0.2) is 42.6 Å². The highest BCUT2D eigenvalue weighted by Gasteiger charge is 2.33. The normalized spacial score (nSPS) is 15.5. The molecule has 1 aromatic carbocycles. The second kappa shape index (κ2) is 8.79. The molecular formula is C19H19ClF3N3O2. The molecule has 150 valence electrons. The Morgan fingerprint density at radius 2 is 1.93 bits per heavy atom. The molecule has 2 aromatic rings. The monoisotopic (exact) mass is 413 g/mol. The van der Waals surface area contributed by atoms with Gasteiger partial charge in [-0.3, -0.25) is 9.63 Å². The molecular weight excluding hydrogens is 395 g/mol. The van der Waals surface area contributed by atoms with E-state index < -0.39 is 11.7 Å². The Kier molecular flexibility index (Phi) is 6.41. The Morgan fingerprint density at radius 3 is 2.54 bits per heavy atom. The molecule has 0 bridgehead atoms. The van der Waals surface area contributed by atoms with Crippen LogP contribution < -0.4 is 10.4 Å². The number of hydroxylamine groups is 1. The zero-order chi connectivity index (χ0) is 20.1. The number of hydrogen-bond acceptors (Lipinski definition) is 4. The maximum Gasteiger partial charge on any atom is 0.417 e. The Bertz CT molecular complexity index is 810. The van der Waals surface area contributed by atoms with E-state index in [-0.39, 0.29) is 23.5 Å². The number of aromatic nitrogens is 1. The number of benzene rings is 1. The lowest BCUT2D eigenvalue weighted by molar-refractivity contribution is -0.139. The predicted molar refractivity (Wildman–Crippen MR) is 98.6 cm³/mol. The average molecular weight is 414 g/mol. The van der Waals surface area contributed by atoms with Crippen LogP contribution in [0.4, 0.5) is 19.0 Å². The number of nitrogens with zero attached hydrogens (tertiary/aromatic N) is 2. The summed E-state index contributed by atoms with van der Waals surface area (Å²) in [4.78, 5) is 23.1. The first-order valence-electron chi connectivity index (χ1n) is 8.78. The number of anilines is 1. The summed E-state index contributed by atoms with van der Waals surface area (Å²) in [6.45, 7) is 1.21.